The third kappa shape index (κ3) is 5.83. The summed E-state index contributed by atoms with van der Waals surface area (Å²) in [5.74, 6) is 2.26. The molecule has 1 heterocycles. The van der Waals surface area contributed by atoms with Crippen molar-refractivity contribution in [2.24, 2.45) is 5.73 Å². The van der Waals surface area contributed by atoms with E-state index in [0.29, 0.717) is 23.7 Å². The molecule has 0 spiro atoms. The highest BCUT2D eigenvalue weighted by atomic mass is 16.5. The van der Waals surface area contributed by atoms with Gasteiger partial charge in [0.05, 0.1) is 13.5 Å². The molecule has 140 valence electrons. The van der Waals surface area contributed by atoms with E-state index in [2.05, 4.69) is 21.0 Å². The van der Waals surface area contributed by atoms with Crippen LogP contribution in [0.4, 0.5) is 0 Å². The van der Waals surface area contributed by atoms with Crippen molar-refractivity contribution in [2.45, 2.75) is 25.9 Å². The van der Waals surface area contributed by atoms with E-state index in [0.717, 1.165) is 11.3 Å². The molecule has 0 radical (unpaired) electrons. The molecule has 1 aromatic heterocycles. The predicted molar refractivity (Wildman–Crippen MR) is 100 cm³/mol. The summed E-state index contributed by atoms with van der Waals surface area (Å²) in [6.07, 6.45) is 5.25. The minimum Gasteiger partial charge on any atom is -0.469 e. The van der Waals surface area contributed by atoms with E-state index in [9.17, 15) is 9.59 Å². The number of nitrogens with two attached hydrogens (primary N) is 1. The minimum absolute atomic E-state index is 0.107. The number of aryl methyl sites for hydroxylation is 1. The smallest absolute Gasteiger partial charge is 0.308 e. The lowest BCUT2D eigenvalue weighted by Gasteiger charge is -2.13. The van der Waals surface area contributed by atoms with E-state index in [1.165, 1.54) is 7.11 Å². The number of amides is 1. The van der Waals surface area contributed by atoms with Crippen molar-refractivity contribution in [3.63, 3.8) is 0 Å². The highest BCUT2D eigenvalue weighted by molar-refractivity contribution is 5.95. The van der Waals surface area contributed by atoms with Gasteiger partial charge in [0.15, 0.2) is 0 Å². The van der Waals surface area contributed by atoms with Crippen molar-refractivity contribution in [1.29, 1.82) is 0 Å². The third-order valence-electron chi connectivity index (χ3n) is 3.65. The zero-order chi connectivity index (χ0) is 19.8. The Hall–Kier alpha value is -3.37. The van der Waals surface area contributed by atoms with Gasteiger partial charge in [-0.2, -0.15) is 0 Å². The molecule has 2 rings (SSSR count). The second-order valence-corrected chi connectivity index (χ2v) is 5.76. The van der Waals surface area contributed by atoms with Crippen LogP contribution in [-0.2, 0) is 16.1 Å². The maximum Gasteiger partial charge on any atom is 0.308 e. The van der Waals surface area contributed by atoms with Gasteiger partial charge in [0.2, 0.25) is 5.88 Å². The molecule has 1 amide bonds. The van der Waals surface area contributed by atoms with Gasteiger partial charge in [-0.1, -0.05) is 12.0 Å². The number of hydrogen-bond acceptors (Lipinski definition) is 6. The molecule has 0 bridgehead atoms. The quantitative estimate of drug-likeness (QED) is 0.572. The predicted octanol–water partition coefficient (Wildman–Crippen LogP) is 1.94. The first-order valence-electron chi connectivity index (χ1n) is 8.24. The summed E-state index contributed by atoms with van der Waals surface area (Å²) in [6, 6.07) is 9.41. The molecule has 0 fully saturated rings. The Balaban J connectivity index is 2.12. The lowest BCUT2D eigenvalue weighted by molar-refractivity contribution is -0.140. The zero-order valence-electron chi connectivity index (χ0n) is 15.2. The van der Waals surface area contributed by atoms with Crippen molar-refractivity contribution in [2.75, 3.05) is 7.11 Å². The molecule has 0 saturated heterocycles. The molecule has 3 N–H and O–H groups in total. The number of methoxy groups -OCH3 is 1. The molecule has 7 nitrogen and oxygen atoms in total. The number of esters is 1. The van der Waals surface area contributed by atoms with Crippen LogP contribution < -0.4 is 15.8 Å². The minimum atomic E-state index is -0.764. The summed E-state index contributed by atoms with van der Waals surface area (Å²) in [5.41, 5.74) is 7.67. The van der Waals surface area contributed by atoms with Crippen LogP contribution in [-0.4, -0.2) is 30.0 Å². The van der Waals surface area contributed by atoms with Gasteiger partial charge in [0.25, 0.3) is 5.91 Å². The van der Waals surface area contributed by atoms with Gasteiger partial charge in [-0.3, -0.25) is 9.59 Å². The molecule has 7 heteroatoms. The Labute approximate surface area is 157 Å². The van der Waals surface area contributed by atoms with Crippen LogP contribution in [0.3, 0.4) is 0 Å². The fourth-order valence-corrected chi connectivity index (χ4v) is 2.34. The highest BCUT2D eigenvalue weighted by Crippen LogP contribution is 2.22. The second kappa shape index (κ2) is 9.36. The molecule has 0 aliphatic rings. The number of pyridine rings is 1. The number of ether oxygens (including phenoxy) is 2. The SMILES string of the molecule is C#C[C@H](CC(=O)OC)NC(=O)c1cccc(Oc2cc(CN)cc(C)n2)c1. The number of rotatable bonds is 7. The molecule has 27 heavy (non-hydrogen) atoms. The first-order chi connectivity index (χ1) is 12.9. The van der Waals surface area contributed by atoms with Gasteiger partial charge >= 0.3 is 5.97 Å². The van der Waals surface area contributed by atoms with Crippen LogP contribution in [0.15, 0.2) is 36.4 Å². The van der Waals surface area contributed by atoms with Crippen LogP contribution in [0.1, 0.15) is 28.0 Å². The number of aromatic nitrogens is 1. The molecular weight excluding hydrogens is 346 g/mol. The maximum absolute atomic E-state index is 12.4. The fourth-order valence-electron chi connectivity index (χ4n) is 2.34. The topological polar surface area (TPSA) is 104 Å². The van der Waals surface area contributed by atoms with E-state index in [1.54, 1.807) is 30.3 Å². The summed E-state index contributed by atoms with van der Waals surface area (Å²) in [4.78, 5) is 28.0. The molecule has 0 aliphatic heterocycles. The number of nitrogens with one attached hydrogen (secondary N) is 1. The van der Waals surface area contributed by atoms with Crippen LogP contribution in [0.5, 0.6) is 11.6 Å². The summed E-state index contributed by atoms with van der Waals surface area (Å²) in [5, 5.41) is 2.60. The average molecular weight is 367 g/mol. The standard InChI is InChI=1S/C20H21N3O4/c1-4-16(11-19(24)26-3)23-20(25)15-6-5-7-17(10-15)27-18-9-14(12-21)8-13(2)22-18/h1,5-10,16H,11-12,21H2,2-3H3,(H,23,25)/t16-/m1/s1. The van der Waals surface area contributed by atoms with E-state index in [4.69, 9.17) is 16.9 Å². The van der Waals surface area contributed by atoms with Crippen molar-refractivity contribution >= 4 is 11.9 Å². The van der Waals surface area contributed by atoms with E-state index in [-0.39, 0.29) is 6.42 Å². The molecule has 1 atom stereocenters. The fraction of sp³-hybridized carbons (Fsp3) is 0.250. The Morgan fingerprint density at radius 2 is 2.11 bits per heavy atom. The van der Waals surface area contributed by atoms with Gasteiger partial charge in [-0.15, -0.1) is 6.42 Å². The summed E-state index contributed by atoms with van der Waals surface area (Å²) in [7, 11) is 1.26. The number of nitrogens with zero attached hydrogens (tertiary/aromatic N) is 1. The molecule has 0 saturated carbocycles. The first kappa shape index (κ1) is 19.9. The Kier molecular flexibility index (Phi) is 6.92. The number of carbonyl (C=O) groups excluding carboxylic acids is 2. The number of carbonyl (C=O) groups is 2. The van der Waals surface area contributed by atoms with E-state index in [1.807, 2.05) is 13.0 Å². The first-order valence-corrected chi connectivity index (χ1v) is 8.24. The molecule has 1 aromatic carbocycles. The Morgan fingerprint density at radius 3 is 2.78 bits per heavy atom. The number of benzene rings is 1. The van der Waals surface area contributed by atoms with Crippen molar-refractivity contribution < 1.29 is 19.1 Å². The normalized spacial score (nSPS) is 11.2. The molecular formula is C20H21N3O4. The monoisotopic (exact) mass is 367 g/mol. The van der Waals surface area contributed by atoms with E-state index >= 15 is 0 Å². The van der Waals surface area contributed by atoms with Gasteiger partial charge in [0.1, 0.15) is 11.8 Å². The molecule has 0 unspecified atom stereocenters. The second-order valence-electron chi connectivity index (χ2n) is 5.76. The van der Waals surface area contributed by atoms with Gasteiger partial charge < -0.3 is 20.5 Å². The van der Waals surface area contributed by atoms with Gasteiger partial charge in [0, 0.05) is 23.9 Å². The summed E-state index contributed by atoms with van der Waals surface area (Å²) in [6.45, 7) is 2.22. The zero-order valence-corrected chi connectivity index (χ0v) is 15.2. The van der Waals surface area contributed by atoms with E-state index < -0.39 is 17.9 Å². The van der Waals surface area contributed by atoms with Gasteiger partial charge in [-0.05, 0) is 36.8 Å². The van der Waals surface area contributed by atoms with Crippen molar-refractivity contribution in [3.05, 3.63) is 53.2 Å². The van der Waals surface area contributed by atoms with Crippen LogP contribution in [0.25, 0.3) is 0 Å². The lowest BCUT2D eigenvalue weighted by atomic mass is 10.1. The molecule has 0 aliphatic carbocycles. The number of terminal acetylenes is 1. The van der Waals surface area contributed by atoms with Crippen molar-refractivity contribution in [3.8, 4) is 24.0 Å². The van der Waals surface area contributed by atoms with Crippen LogP contribution in [0, 0.1) is 19.3 Å². The number of hydrogen-bond donors (Lipinski definition) is 2. The van der Waals surface area contributed by atoms with Crippen LogP contribution >= 0.6 is 0 Å². The van der Waals surface area contributed by atoms with Gasteiger partial charge in [-0.25, -0.2) is 4.98 Å². The largest absolute Gasteiger partial charge is 0.469 e. The van der Waals surface area contributed by atoms with Crippen LogP contribution in [0.2, 0.25) is 0 Å². The summed E-state index contributed by atoms with van der Waals surface area (Å²) >= 11 is 0. The maximum atomic E-state index is 12.4. The average Bonchev–Trinajstić information content (AvgIpc) is 2.66. The van der Waals surface area contributed by atoms with Crippen molar-refractivity contribution in [1.82, 2.24) is 10.3 Å². The Morgan fingerprint density at radius 1 is 1.33 bits per heavy atom. The lowest BCUT2D eigenvalue weighted by Crippen LogP contribution is -2.35. The third-order valence-corrected chi connectivity index (χ3v) is 3.65. The highest BCUT2D eigenvalue weighted by Gasteiger charge is 2.16. The Bertz CT molecular complexity index is 874. The summed E-state index contributed by atoms with van der Waals surface area (Å²) < 4.78 is 10.3. The molecule has 2 aromatic rings.